The summed E-state index contributed by atoms with van der Waals surface area (Å²) in [6.45, 7) is 4.61. The van der Waals surface area contributed by atoms with E-state index in [0.717, 1.165) is 29.0 Å². The minimum Gasteiger partial charge on any atom is -0.494 e. The number of H-pyrrole nitrogens is 1. The molecule has 0 fully saturated rings. The van der Waals surface area contributed by atoms with Crippen LogP contribution >= 0.6 is 11.8 Å². The zero-order valence-corrected chi connectivity index (χ0v) is 13.4. The molecule has 1 aromatic carbocycles. The summed E-state index contributed by atoms with van der Waals surface area (Å²) >= 11 is 1.45. The lowest BCUT2D eigenvalue weighted by Gasteiger charge is -2.09. The minimum atomic E-state index is -0.0481. The van der Waals surface area contributed by atoms with Crippen LogP contribution in [0.4, 0.5) is 0 Å². The molecule has 1 N–H and O–H groups in total. The van der Waals surface area contributed by atoms with Crippen LogP contribution in [0, 0.1) is 0 Å². The lowest BCUT2D eigenvalue weighted by molar-refractivity contribution is 0.340. The van der Waals surface area contributed by atoms with Crippen molar-refractivity contribution in [3.8, 4) is 5.75 Å². The first kappa shape index (κ1) is 15.6. The molecule has 2 aromatic rings. The lowest BCUT2D eigenvalue weighted by atomic mass is 10.0. The molecule has 1 aromatic heterocycles. The van der Waals surface area contributed by atoms with Crippen LogP contribution in [0.1, 0.15) is 30.7 Å². The van der Waals surface area contributed by atoms with Crippen molar-refractivity contribution in [2.24, 2.45) is 0 Å². The van der Waals surface area contributed by atoms with Gasteiger partial charge in [-0.2, -0.15) is 0 Å². The van der Waals surface area contributed by atoms with E-state index in [0.29, 0.717) is 18.2 Å². The maximum atomic E-state index is 12.3. The standard InChI is InChI=1S/C16H20N2O2S/c1-4-14-13(15(19)18-16(17-14)21-3)10-11-7-6-8-12(9-11)20-5-2/h6-9H,4-5,10H2,1-3H3,(H,17,18,19). The molecule has 112 valence electrons. The van der Waals surface area contributed by atoms with E-state index in [1.165, 1.54) is 11.8 Å². The molecule has 0 atom stereocenters. The summed E-state index contributed by atoms with van der Waals surface area (Å²) in [5, 5.41) is 0.670. The van der Waals surface area contributed by atoms with Crippen LogP contribution in [0.3, 0.4) is 0 Å². The Labute approximate surface area is 129 Å². The molecule has 4 nitrogen and oxygen atoms in total. The summed E-state index contributed by atoms with van der Waals surface area (Å²) in [6.07, 6.45) is 3.22. The van der Waals surface area contributed by atoms with E-state index in [4.69, 9.17) is 4.74 Å². The number of benzene rings is 1. The summed E-state index contributed by atoms with van der Waals surface area (Å²) in [6, 6.07) is 7.85. The van der Waals surface area contributed by atoms with Gasteiger partial charge in [0.1, 0.15) is 5.75 Å². The molecular weight excluding hydrogens is 284 g/mol. The Hall–Kier alpha value is -1.75. The van der Waals surface area contributed by atoms with Crippen LogP contribution in [-0.2, 0) is 12.8 Å². The van der Waals surface area contributed by atoms with E-state index in [2.05, 4.69) is 9.97 Å². The zero-order chi connectivity index (χ0) is 15.2. The summed E-state index contributed by atoms with van der Waals surface area (Å²) in [7, 11) is 0. The molecule has 0 unspecified atom stereocenters. The van der Waals surface area contributed by atoms with Crippen molar-refractivity contribution >= 4 is 11.8 Å². The highest BCUT2D eigenvalue weighted by atomic mass is 32.2. The number of aromatic nitrogens is 2. The van der Waals surface area contributed by atoms with Gasteiger partial charge in [-0.15, -0.1) is 0 Å². The van der Waals surface area contributed by atoms with Gasteiger partial charge in [-0.1, -0.05) is 30.8 Å². The molecule has 0 aliphatic rings. The number of nitrogens with one attached hydrogen (secondary N) is 1. The molecule has 2 rings (SSSR count). The highest BCUT2D eigenvalue weighted by molar-refractivity contribution is 7.98. The second-order valence-corrected chi connectivity index (χ2v) is 5.41. The number of rotatable bonds is 6. The van der Waals surface area contributed by atoms with Gasteiger partial charge in [0.15, 0.2) is 5.16 Å². The number of thioether (sulfide) groups is 1. The molecule has 5 heteroatoms. The van der Waals surface area contributed by atoms with Crippen molar-refractivity contribution in [1.82, 2.24) is 9.97 Å². The molecule has 0 radical (unpaired) electrons. The highest BCUT2D eigenvalue weighted by Crippen LogP contribution is 2.17. The van der Waals surface area contributed by atoms with Gasteiger partial charge >= 0.3 is 0 Å². The highest BCUT2D eigenvalue weighted by Gasteiger charge is 2.11. The van der Waals surface area contributed by atoms with Gasteiger partial charge in [0.05, 0.1) is 12.3 Å². The molecule has 0 aliphatic carbocycles. The Kier molecular flexibility index (Phi) is 5.44. The maximum Gasteiger partial charge on any atom is 0.255 e. The van der Waals surface area contributed by atoms with Crippen LogP contribution in [0.15, 0.2) is 34.2 Å². The van der Waals surface area contributed by atoms with Gasteiger partial charge in [0.2, 0.25) is 0 Å². The number of ether oxygens (including phenoxy) is 1. The van der Waals surface area contributed by atoms with Gasteiger partial charge in [-0.05, 0) is 37.3 Å². The fraction of sp³-hybridized carbons (Fsp3) is 0.375. The SMILES string of the molecule is CCOc1cccc(Cc2c(CC)nc(SC)[nH]c2=O)c1. The van der Waals surface area contributed by atoms with Crippen LogP contribution in [0.5, 0.6) is 5.75 Å². The largest absolute Gasteiger partial charge is 0.494 e. The van der Waals surface area contributed by atoms with Crippen molar-refractivity contribution < 1.29 is 4.74 Å². The number of hydrogen-bond donors (Lipinski definition) is 1. The van der Waals surface area contributed by atoms with E-state index >= 15 is 0 Å². The van der Waals surface area contributed by atoms with Gasteiger partial charge < -0.3 is 9.72 Å². The first-order chi connectivity index (χ1) is 10.2. The predicted octanol–water partition coefficient (Wildman–Crippen LogP) is 3.04. The topological polar surface area (TPSA) is 55.0 Å². The molecule has 1 heterocycles. The number of nitrogens with zero attached hydrogens (tertiary/aromatic N) is 1. The molecule has 21 heavy (non-hydrogen) atoms. The van der Waals surface area contributed by atoms with E-state index in [1.54, 1.807) is 0 Å². The van der Waals surface area contributed by atoms with Gasteiger partial charge in [0.25, 0.3) is 5.56 Å². The van der Waals surface area contributed by atoms with E-state index in [1.807, 2.05) is 44.4 Å². The first-order valence-electron chi connectivity index (χ1n) is 7.05. The Morgan fingerprint density at radius 2 is 2.14 bits per heavy atom. The Morgan fingerprint density at radius 3 is 2.81 bits per heavy atom. The summed E-state index contributed by atoms with van der Waals surface area (Å²) < 4.78 is 5.50. The van der Waals surface area contributed by atoms with Gasteiger partial charge in [-0.25, -0.2) is 4.98 Å². The normalized spacial score (nSPS) is 10.6. The van der Waals surface area contributed by atoms with E-state index < -0.39 is 0 Å². The molecule has 0 bridgehead atoms. The first-order valence-corrected chi connectivity index (χ1v) is 8.28. The van der Waals surface area contributed by atoms with Crippen LogP contribution in [0.2, 0.25) is 0 Å². The number of aryl methyl sites for hydroxylation is 1. The quantitative estimate of drug-likeness (QED) is 0.658. The minimum absolute atomic E-state index is 0.0481. The van der Waals surface area contributed by atoms with Gasteiger partial charge in [0, 0.05) is 12.0 Å². The van der Waals surface area contributed by atoms with Crippen molar-refractivity contribution in [3.05, 3.63) is 51.4 Å². The predicted molar refractivity (Wildman–Crippen MR) is 86.4 cm³/mol. The van der Waals surface area contributed by atoms with Crippen molar-refractivity contribution in [2.45, 2.75) is 31.8 Å². The monoisotopic (exact) mass is 304 g/mol. The second-order valence-electron chi connectivity index (χ2n) is 4.61. The Morgan fingerprint density at radius 1 is 1.33 bits per heavy atom. The van der Waals surface area contributed by atoms with Crippen molar-refractivity contribution in [1.29, 1.82) is 0 Å². The number of aromatic amines is 1. The molecule has 0 saturated heterocycles. The fourth-order valence-electron chi connectivity index (χ4n) is 2.21. The van der Waals surface area contributed by atoms with Crippen molar-refractivity contribution in [3.63, 3.8) is 0 Å². The Bertz CT molecular complexity index is 668. The third-order valence-electron chi connectivity index (χ3n) is 3.20. The van der Waals surface area contributed by atoms with Crippen LogP contribution in [-0.4, -0.2) is 22.8 Å². The molecule has 0 saturated carbocycles. The average molecular weight is 304 g/mol. The average Bonchev–Trinajstić information content (AvgIpc) is 2.49. The summed E-state index contributed by atoms with van der Waals surface area (Å²) in [5.41, 5.74) is 2.61. The van der Waals surface area contributed by atoms with Crippen molar-refractivity contribution in [2.75, 3.05) is 12.9 Å². The number of hydrogen-bond acceptors (Lipinski definition) is 4. The summed E-state index contributed by atoms with van der Waals surface area (Å²) in [5.74, 6) is 0.832. The summed E-state index contributed by atoms with van der Waals surface area (Å²) in [4.78, 5) is 19.6. The molecule has 0 spiro atoms. The van der Waals surface area contributed by atoms with Crippen LogP contribution < -0.4 is 10.3 Å². The van der Waals surface area contributed by atoms with E-state index in [-0.39, 0.29) is 5.56 Å². The Balaban J connectivity index is 2.35. The van der Waals surface area contributed by atoms with E-state index in [9.17, 15) is 4.79 Å². The van der Waals surface area contributed by atoms with Gasteiger partial charge in [-0.3, -0.25) is 4.79 Å². The third-order valence-corrected chi connectivity index (χ3v) is 3.78. The molecular formula is C16H20N2O2S. The lowest BCUT2D eigenvalue weighted by Crippen LogP contribution is -2.18. The molecule has 0 aliphatic heterocycles. The van der Waals surface area contributed by atoms with Crippen LogP contribution in [0.25, 0.3) is 0 Å². The zero-order valence-electron chi connectivity index (χ0n) is 12.6. The second kappa shape index (κ2) is 7.31. The third kappa shape index (κ3) is 3.88. The molecule has 0 amide bonds. The smallest absolute Gasteiger partial charge is 0.255 e. The fourth-order valence-corrected chi connectivity index (χ4v) is 2.61. The maximum absolute atomic E-state index is 12.3.